The summed E-state index contributed by atoms with van der Waals surface area (Å²) in [7, 11) is 0. The first kappa shape index (κ1) is 18.0. The van der Waals surface area contributed by atoms with Gasteiger partial charge in [-0.3, -0.25) is 19.7 Å². The van der Waals surface area contributed by atoms with Crippen molar-refractivity contribution in [3.8, 4) is 0 Å². The topological polar surface area (TPSA) is 51.0 Å². The van der Waals surface area contributed by atoms with Gasteiger partial charge in [-0.15, -0.1) is 0 Å². The highest BCUT2D eigenvalue weighted by Crippen LogP contribution is 2.12. The predicted octanol–water partition coefficient (Wildman–Crippen LogP) is 2.96. The molecule has 0 aliphatic carbocycles. The van der Waals surface area contributed by atoms with Crippen LogP contribution >= 0.6 is 0 Å². The van der Waals surface area contributed by atoms with Gasteiger partial charge in [-0.1, -0.05) is 18.2 Å². The maximum atomic E-state index is 12.0. The molecular formula is C21H24N4O. The van der Waals surface area contributed by atoms with Gasteiger partial charge in [0.05, 0.1) is 11.4 Å². The Morgan fingerprint density at radius 3 is 2.04 bits per heavy atom. The summed E-state index contributed by atoms with van der Waals surface area (Å²) in [6.07, 6.45) is 5.49. The summed E-state index contributed by atoms with van der Waals surface area (Å²) in [4.78, 5) is 23.3. The van der Waals surface area contributed by atoms with Gasteiger partial charge in [-0.05, 0) is 43.2 Å². The van der Waals surface area contributed by atoms with E-state index in [-0.39, 0.29) is 5.56 Å². The average Bonchev–Trinajstić information content (AvgIpc) is 2.64. The Morgan fingerprint density at radius 2 is 1.50 bits per heavy atom. The van der Waals surface area contributed by atoms with Crippen molar-refractivity contribution >= 4 is 0 Å². The Kier molecular flexibility index (Phi) is 5.92. The van der Waals surface area contributed by atoms with Crippen molar-refractivity contribution in [1.29, 1.82) is 0 Å². The second kappa shape index (κ2) is 8.54. The summed E-state index contributed by atoms with van der Waals surface area (Å²) in [6, 6.07) is 13.3. The maximum Gasteiger partial charge on any atom is 0.250 e. The molecule has 26 heavy (non-hydrogen) atoms. The standard InChI is InChI=1S/C21H24N4O/c1-17-7-5-10-22-19(17)15-24(16-20-18(2)8-6-11-23-20)13-14-25-12-4-3-9-21(25)26/h3-12H,13-16H2,1-2H3. The van der Waals surface area contributed by atoms with Gasteiger partial charge in [-0.2, -0.15) is 0 Å². The van der Waals surface area contributed by atoms with E-state index in [1.54, 1.807) is 16.7 Å². The molecule has 5 heteroatoms. The van der Waals surface area contributed by atoms with Crippen LogP contribution in [0.25, 0.3) is 0 Å². The van der Waals surface area contributed by atoms with E-state index in [2.05, 4.69) is 40.8 Å². The molecule has 0 atom stereocenters. The zero-order valence-electron chi connectivity index (χ0n) is 15.3. The summed E-state index contributed by atoms with van der Waals surface area (Å²) in [5.41, 5.74) is 4.48. The lowest BCUT2D eigenvalue weighted by Crippen LogP contribution is -2.31. The van der Waals surface area contributed by atoms with E-state index in [1.807, 2.05) is 36.8 Å². The van der Waals surface area contributed by atoms with Gasteiger partial charge in [0.15, 0.2) is 0 Å². The molecule has 0 N–H and O–H groups in total. The summed E-state index contributed by atoms with van der Waals surface area (Å²) in [5.74, 6) is 0. The molecule has 3 aromatic heterocycles. The van der Waals surface area contributed by atoms with Crippen LogP contribution in [0.4, 0.5) is 0 Å². The van der Waals surface area contributed by atoms with Crippen LogP contribution in [0.3, 0.4) is 0 Å². The molecule has 134 valence electrons. The molecule has 0 radical (unpaired) electrons. The van der Waals surface area contributed by atoms with Crippen LogP contribution in [0.2, 0.25) is 0 Å². The third-order valence-electron chi connectivity index (χ3n) is 4.54. The third kappa shape index (κ3) is 4.64. The van der Waals surface area contributed by atoms with Crippen molar-refractivity contribution < 1.29 is 0 Å². The smallest absolute Gasteiger partial charge is 0.250 e. The van der Waals surface area contributed by atoms with E-state index in [1.165, 1.54) is 11.1 Å². The molecule has 3 heterocycles. The Bertz CT molecular complexity index is 872. The van der Waals surface area contributed by atoms with E-state index in [9.17, 15) is 4.79 Å². The molecule has 0 aromatic carbocycles. The highest BCUT2D eigenvalue weighted by Gasteiger charge is 2.12. The number of nitrogens with zero attached hydrogens (tertiary/aromatic N) is 4. The molecular weight excluding hydrogens is 324 g/mol. The van der Waals surface area contributed by atoms with Gasteiger partial charge in [0.2, 0.25) is 0 Å². The second-order valence-corrected chi connectivity index (χ2v) is 6.48. The van der Waals surface area contributed by atoms with E-state index in [4.69, 9.17) is 0 Å². The fourth-order valence-corrected chi connectivity index (χ4v) is 2.90. The van der Waals surface area contributed by atoms with Crippen LogP contribution in [-0.2, 0) is 19.6 Å². The monoisotopic (exact) mass is 348 g/mol. The Balaban J connectivity index is 1.79. The summed E-state index contributed by atoms with van der Waals surface area (Å²) in [6.45, 7) is 6.99. The van der Waals surface area contributed by atoms with Crippen LogP contribution in [0.5, 0.6) is 0 Å². The molecule has 0 saturated carbocycles. The van der Waals surface area contributed by atoms with Gasteiger partial charge in [0.25, 0.3) is 5.56 Å². The zero-order valence-corrected chi connectivity index (χ0v) is 15.3. The Hall–Kier alpha value is -2.79. The van der Waals surface area contributed by atoms with E-state index >= 15 is 0 Å². The molecule has 0 fully saturated rings. The lowest BCUT2D eigenvalue weighted by atomic mass is 10.1. The van der Waals surface area contributed by atoms with Gasteiger partial charge < -0.3 is 4.57 Å². The SMILES string of the molecule is Cc1cccnc1CN(CCn1ccccc1=O)Cc1ncccc1C. The van der Waals surface area contributed by atoms with Crippen LogP contribution in [-0.4, -0.2) is 26.0 Å². The largest absolute Gasteiger partial charge is 0.314 e. The fraction of sp³-hybridized carbons (Fsp3) is 0.286. The van der Waals surface area contributed by atoms with Crippen molar-refractivity contribution in [1.82, 2.24) is 19.4 Å². The van der Waals surface area contributed by atoms with Crippen LogP contribution < -0.4 is 5.56 Å². The quantitative estimate of drug-likeness (QED) is 0.659. The first-order valence-electron chi connectivity index (χ1n) is 8.82. The van der Waals surface area contributed by atoms with Crippen molar-refractivity contribution in [2.24, 2.45) is 0 Å². The first-order valence-corrected chi connectivity index (χ1v) is 8.82. The average molecular weight is 348 g/mol. The molecule has 3 aromatic rings. The van der Waals surface area contributed by atoms with Crippen molar-refractivity contribution in [2.45, 2.75) is 33.5 Å². The highest BCUT2D eigenvalue weighted by molar-refractivity contribution is 5.19. The number of aromatic nitrogens is 3. The molecule has 0 saturated heterocycles. The highest BCUT2D eigenvalue weighted by atomic mass is 16.1. The molecule has 0 aliphatic heterocycles. The Morgan fingerprint density at radius 1 is 0.885 bits per heavy atom. The summed E-state index contributed by atoms with van der Waals surface area (Å²) >= 11 is 0. The maximum absolute atomic E-state index is 12.0. The molecule has 0 spiro atoms. The molecule has 0 bridgehead atoms. The van der Waals surface area contributed by atoms with E-state index in [0.29, 0.717) is 6.54 Å². The molecule has 5 nitrogen and oxygen atoms in total. The number of hydrogen-bond donors (Lipinski definition) is 0. The Labute approximate surface area is 154 Å². The minimum Gasteiger partial charge on any atom is -0.314 e. The van der Waals surface area contributed by atoms with Crippen molar-refractivity contribution in [3.05, 3.63) is 93.9 Å². The predicted molar refractivity (Wildman–Crippen MR) is 103 cm³/mol. The lowest BCUT2D eigenvalue weighted by molar-refractivity contribution is 0.238. The molecule has 0 aliphatic rings. The molecule has 0 amide bonds. The number of rotatable bonds is 7. The van der Waals surface area contributed by atoms with Crippen LogP contribution in [0.1, 0.15) is 22.5 Å². The molecule has 3 rings (SSSR count). The minimum absolute atomic E-state index is 0.0236. The van der Waals surface area contributed by atoms with Gasteiger partial charge in [-0.25, -0.2) is 0 Å². The van der Waals surface area contributed by atoms with Gasteiger partial charge >= 0.3 is 0 Å². The second-order valence-electron chi connectivity index (χ2n) is 6.48. The minimum atomic E-state index is 0.0236. The van der Waals surface area contributed by atoms with Crippen molar-refractivity contribution in [3.63, 3.8) is 0 Å². The van der Waals surface area contributed by atoms with Crippen LogP contribution in [0.15, 0.2) is 65.8 Å². The summed E-state index contributed by atoms with van der Waals surface area (Å²) < 4.78 is 1.74. The number of pyridine rings is 3. The third-order valence-corrected chi connectivity index (χ3v) is 4.54. The summed E-state index contributed by atoms with van der Waals surface area (Å²) in [5, 5.41) is 0. The normalized spacial score (nSPS) is 11.0. The van der Waals surface area contributed by atoms with E-state index in [0.717, 1.165) is 31.0 Å². The van der Waals surface area contributed by atoms with Crippen LogP contribution in [0, 0.1) is 13.8 Å². The number of aryl methyl sites for hydroxylation is 2. The van der Waals surface area contributed by atoms with Gasteiger partial charge in [0.1, 0.15) is 0 Å². The van der Waals surface area contributed by atoms with Crippen molar-refractivity contribution in [2.75, 3.05) is 6.54 Å². The fourth-order valence-electron chi connectivity index (χ4n) is 2.90. The number of hydrogen-bond acceptors (Lipinski definition) is 4. The zero-order chi connectivity index (χ0) is 18.4. The first-order chi connectivity index (χ1) is 12.6. The molecule has 0 unspecified atom stereocenters. The lowest BCUT2D eigenvalue weighted by Gasteiger charge is -2.23. The van der Waals surface area contributed by atoms with Gasteiger partial charge in [0, 0.05) is 50.8 Å². The van der Waals surface area contributed by atoms with E-state index < -0.39 is 0 Å².